The number of rotatable bonds is 7. The minimum absolute atomic E-state index is 0.279. The van der Waals surface area contributed by atoms with Crippen LogP contribution in [0.2, 0.25) is 0 Å². The number of hydrogen-bond donors (Lipinski definition) is 2. The fourth-order valence-electron chi connectivity index (χ4n) is 1.50. The molecule has 0 saturated heterocycles. The standard InChI is InChI=1S/C10H22N2/c1-4-7-8-9(5-2)10(6-3)12-11/h6,9-10,12H,3-5,7-8,11H2,1-2H3. The first-order valence-corrected chi connectivity index (χ1v) is 4.88. The first-order valence-electron chi connectivity index (χ1n) is 4.88. The van der Waals surface area contributed by atoms with Crippen molar-refractivity contribution in [3.63, 3.8) is 0 Å². The van der Waals surface area contributed by atoms with E-state index in [-0.39, 0.29) is 6.04 Å². The molecule has 0 aromatic carbocycles. The number of nitrogens with one attached hydrogen (secondary N) is 1. The summed E-state index contributed by atoms with van der Waals surface area (Å²) in [6.45, 7) is 8.18. The lowest BCUT2D eigenvalue weighted by Crippen LogP contribution is -2.39. The van der Waals surface area contributed by atoms with E-state index in [0.717, 1.165) is 0 Å². The van der Waals surface area contributed by atoms with Crippen LogP contribution in [0.25, 0.3) is 0 Å². The Kier molecular flexibility index (Phi) is 7.11. The van der Waals surface area contributed by atoms with Crippen LogP contribution >= 0.6 is 0 Å². The quantitative estimate of drug-likeness (QED) is 0.349. The molecule has 0 spiro atoms. The van der Waals surface area contributed by atoms with E-state index in [4.69, 9.17) is 5.84 Å². The molecule has 0 fully saturated rings. The summed E-state index contributed by atoms with van der Waals surface area (Å²) >= 11 is 0. The van der Waals surface area contributed by atoms with Gasteiger partial charge in [-0.15, -0.1) is 6.58 Å². The molecule has 0 aliphatic rings. The zero-order valence-electron chi connectivity index (χ0n) is 8.34. The summed E-state index contributed by atoms with van der Waals surface area (Å²) in [6.07, 6.45) is 6.86. The van der Waals surface area contributed by atoms with Gasteiger partial charge < -0.3 is 0 Å². The van der Waals surface area contributed by atoms with Crippen molar-refractivity contribution in [3.05, 3.63) is 12.7 Å². The highest BCUT2D eigenvalue weighted by Crippen LogP contribution is 2.16. The molecule has 0 amide bonds. The average Bonchev–Trinajstić information content (AvgIpc) is 2.12. The van der Waals surface area contributed by atoms with E-state index < -0.39 is 0 Å². The Hall–Kier alpha value is -0.340. The van der Waals surface area contributed by atoms with E-state index in [9.17, 15) is 0 Å². The molecule has 0 radical (unpaired) electrons. The largest absolute Gasteiger partial charge is 0.271 e. The molecule has 0 rings (SSSR count). The summed E-state index contributed by atoms with van der Waals surface area (Å²) < 4.78 is 0. The second-order valence-corrected chi connectivity index (χ2v) is 3.24. The van der Waals surface area contributed by atoms with Gasteiger partial charge in [0.15, 0.2) is 0 Å². The number of hydrogen-bond acceptors (Lipinski definition) is 2. The molecule has 2 nitrogen and oxygen atoms in total. The van der Waals surface area contributed by atoms with Crippen molar-refractivity contribution in [1.29, 1.82) is 0 Å². The molecule has 0 bridgehead atoms. The van der Waals surface area contributed by atoms with E-state index in [1.54, 1.807) is 0 Å². The van der Waals surface area contributed by atoms with Gasteiger partial charge in [0.25, 0.3) is 0 Å². The molecule has 0 heterocycles. The maximum Gasteiger partial charge on any atom is 0.0415 e. The predicted octanol–water partition coefficient (Wildman–Crippen LogP) is 2.22. The highest BCUT2D eigenvalue weighted by atomic mass is 15.2. The predicted molar refractivity (Wildman–Crippen MR) is 54.6 cm³/mol. The van der Waals surface area contributed by atoms with Crippen LogP contribution in [0, 0.1) is 5.92 Å². The zero-order valence-corrected chi connectivity index (χ0v) is 8.34. The Morgan fingerprint density at radius 2 is 2.17 bits per heavy atom. The number of nitrogens with two attached hydrogens (primary N) is 1. The van der Waals surface area contributed by atoms with Gasteiger partial charge in [-0.25, -0.2) is 0 Å². The van der Waals surface area contributed by atoms with Gasteiger partial charge in [-0.05, 0) is 12.3 Å². The van der Waals surface area contributed by atoms with Crippen molar-refractivity contribution in [2.45, 2.75) is 45.6 Å². The summed E-state index contributed by atoms with van der Waals surface area (Å²) in [6, 6.07) is 0.279. The van der Waals surface area contributed by atoms with Crippen LogP contribution in [0.15, 0.2) is 12.7 Å². The van der Waals surface area contributed by atoms with Gasteiger partial charge >= 0.3 is 0 Å². The van der Waals surface area contributed by atoms with Crippen LogP contribution in [-0.2, 0) is 0 Å². The van der Waals surface area contributed by atoms with Crippen molar-refractivity contribution in [2.75, 3.05) is 0 Å². The van der Waals surface area contributed by atoms with Crippen LogP contribution in [0.1, 0.15) is 39.5 Å². The van der Waals surface area contributed by atoms with Crippen molar-refractivity contribution in [1.82, 2.24) is 5.43 Å². The van der Waals surface area contributed by atoms with Crippen molar-refractivity contribution >= 4 is 0 Å². The van der Waals surface area contributed by atoms with Crippen LogP contribution < -0.4 is 11.3 Å². The Bertz CT molecular complexity index is 112. The minimum atomic E-state index is 0.279. The van der Waals surface area contributed by atoms with Crippen molar-refractivity contribution in [2.24, 2.45) is 11.8 Å². The van der Waals surface area contributed by atoms with Crippen LogP contribution in [0.3, 0.4) is 0 Å². The molecule has 0 aliphatic carbocycles. The Labute approximate surface area is 76.2 Å². The maximum absolute atomic E-state index is 5.41. The first-order chi connectivity index (χ1) is 5.79. The molecular weight excluding hydrogens is 148 g/mol. The van der Waals surface area contributed by atoms with Gasteiger partial charge in [-0.1, -0.05) is 39.2 Å². The molecule has 2 unspecified atom stereocenters. The van der Waals surface area contributed by atoms with Gasteiger partial charge in [0.05, 0.1) is 0 Å². The summed E-state index contributed by atoms with van der Waals surface area (Å²) in [4.78, 5) is 0. The van der Waals surface area contributed by atoms with Gasteiger partial charge in [0.2, 0.25) is 0 Å². The van der Waals surface area contributed by atoms with E-state index >= 15 is 0 Å². The van der Waals surface area contributed by atoms with Gasteiger partial charge in [0.1, 0.15) is 0 Å². The van der Waals surface area contributed by atoms with Gasteiger partial charge in [-0.2, -0.15) is 0 Å². The average molecular weight is 170 g/mol. The summed E-state index contributed by atoms with van der Waals surface area (Å²) in [5.41, 5.74) is 2.79. The molecule has 2 atom stereocenters. The third-order valence-corrected chi connectivity index (χ3v) is 2.41. The third-order valence-electron chi connectivity index (χ3n) is 2.41. The highest BCUT2D eigenvalue weighted by Gasteiger charge is 2.14. The first kappa shape index (κ1) is 11.7. The number of unbranched alkanes of at least 4 members (excludes halogenated alkanes) is 1. The molecule has 72 valence electrons. The SMILES string of the molecule is C=CC(NN)C(CC)CCCC. The fourth-order valence-corrected chi connectivity index (χ4v) is 1.50. The normalized spacial score (nSPS) is 15.6. The molecule has 0 aliphatic heterocycles. The lowest BCUT2D eigenvalue weighted by Gasteiger charge is -2.22. The Balaban J connectivity index is 3.83. The molecule has 0 saturated carbocycles. The minimum Gasteiger partial charge on any atom is -0.271 e. The third kappa shape index (κ3) is 3.88. The maximum atomic E-state index is 5.41. The smallest absolute Gasteiger partial charge is 0.0415 e. The molecule has 2 heteroatoms. The van der Waals surface area contributed by atoms with E-state index in [1.807, 2.05) is 6.08 Å². The van der Waals surface area contributed by atoms with Crippen molar-refractivity contribution < 1.29 is 0 Å². The van der Waals surface area contributed by atoms with Crippen LogP contribution in [0.4, 0.5) is 0 Å². The molecule has 12 heavy (non-hydrogen) atoms. The van der Waals surface area contributed by atoms with Gasteiger partial charge in [0, 0.05) is 6.04 Å². The molecule has 0 aromatic rings. The van der Waals surface area contributed by atoms with E-state index in [2.05, 4.69) is 25.9 Å². The lowest BCUT2D eigenvalue weighted by molar-refractivity contribution is 0.366. The molecule has 0 aromatic heterocycles. The van der Waals surface area contributed by atoms with E-state index in [1.165, 1.54) is 25.7 Å². The van der Waals surface area contributed by atoms with Crippen LogP contribution in [0.5, 0.6) is 0 Å². The van der Waals surface area contributed by atoms with Gasteiger partial charge in [-0.3, -0.25) is 11.3 Å². The second kappa shape index (κ2) is 7.32. The van der Waals surface area contributed by atoms with E-state index in [0.29, 0.717) is 5.92 Å². The fraction of sp³-hybridized carbons (Fsp3) is 0.800. The molecular formula is C10H22N2. The topological polar surface area (TPSA) is 38.0 Å². The summed E-state index contributed by atoms with van der Waals surface area (Å²) in [7, 11) is 0. The lowest BCUT2D eigenvalue weighted by atomic mass is 9.92. The number of hydrazine groups is 1. The second-order valence-electron chi connectivity index (χ2n) is 3.24. The summed E-state index contributed by atoms with van der Waals surface area (Å²) in [5.74, 6) is 6.06. The van der Waals surface area contributed by atoms with Crippen molar-refractivity contribution in [3.8, 4) is 0 Å². The molecule has 3 N–H and O–H groups in total. The zero-order chi connectivity index (χ0) is 9.40. The monoisotopic (exact) mass is 170 g/mol. The Morgan fingerprint density at radius 1 is 1.50 bits per heavy atom. The highest BCUT2D eigenvalue weighted by molar-refractivity contribution is 4.88. The van der Waals surface area contributed by atoms with Crippen LogP contribution in [-0.4, -0.2) is 6.04 Å². The summed E-state index contributed by atoms with van der Waals surface area (Å²) in [5, 5.41) is 0. The Morgan fingerprint density at radius 3 is 2.50 bits per heavy atom.